The molecule has 3 amide bonds. The maximum Gasteiger partial charge on any atom is 0.319 e. The Kier molecular flexibility index (Phi) is 5.39. The van der Waals surface area contributed by atoms with Crippen molar-refractivity contribution in [2.75, 3.05) is 5.32 Å². The summed E-state index contributed by atoms with van der Waals surface area (Å²) >= 11 is 0. The van der Waals surface area contributed by atoms with E-state index < -0.39 is 28.8 Å². The van der Waals surface area contributed by atoms with E-state index in [1.807, 2.05) is 31.2 Å². The number of urea groups is 1. The fourth-order valence-electron chi connectivity index (χ4n) is 3.15. The van der Waals surface area contributed by atoms with Crippen molar-refractivity contribution in [3.05, 3.63) is 82.0 Å². The predicted octanol–water partition coefficient (Wildman–Crippen LogP) is 3.28. The molecular formula is C20H20N4O4. The topological polar surface area (TPSA) is 113 Å². The van der Waals surface area contributed by atoms with Gasteiger partial charge in [-0.15, -0.1) is 0 Å². The van der Waals surface area contributed by atoms with E-state index in [1.54, 1.807) is 6.07 Å². The van der Waals surface area contributed by atoms with E-state index in [9.17, 15) is 19.7 Å². The molecule has 0 bridgehead atoms. The molecule has 3 N–H and O–H groups in total. The largest absolute Gasteiger partial charge is 0.330 e. The number of carbonyl (C=O) groups is 2. The van der Waals surface area contributed by atoms with Gasteiger partial charge in [-0.2, -0.15) is 0 Å². The lowest BCUT2D eigenvalue weighted by Crippen LogP contribution is -2.51. The van der Waals surface area contributed by atoms with Gasteiger partial charge in [0.25, 0.3) is 5.69 Å². The number of nitro benzene ring substituents is 1. The summed E-state index contributed by atoms with van der Waals surface area (Å²) < 4.78 is 0. The Hall–Kier alpha value is -3.68. The molecule has 0 unspecified atom stereocenters. The van der Waals surface area contributed by atoms with Gasteiger partial charge in [-0.3, -0.25) is 14.9 Å². The second kappa shape index (κ2) is 7.91. The highest BCUT2D eigenvalue weighted by atomic mass is 16.6. The Morgan fingerprint density at radius 3 is 2.61 bits per heavy atom. The number of anilines is 1. The molecule has 2 aromatic carbocycles. The van der Waals surface area contributed by atoms with Gasteiger partial charge in [0.05, 0.1) is 11.0 Å². The summed E-state index contributed by atoms with van der Waals surface area (Å²) in [6.07, 6.45) is 0.877. The molecule has 0 aliphatic carbocycles. The van der Waals surface area contributed by atoms with Crippen LogP contribution >= 0.6 is 0 Å². The van der Waals surface area contributed by atoms with E-state index in [0.717, 1.165) is 17.5 Å². The lowest BCUT2D eigenvalue weighted by Gasteiger charge is -2.34. The van der Waals surface area contributed by atoms with Crippen molar-refractivity contribution in [2.45, 2.75) is 19.4 Å². The number of aryl methyl sites for hydroxylation is 1. The number of hydrogen-bond acceptors (Lipinski definition) is 4. The molecule has 0 radical (unpaired) electrons. The fourth-order valence-corrected chi connectivity index (χ4v) is 3.15. The zero-order valence-corrected chi connectivity index (χ0v) is 15.3. The molecule has 1 heterocycles. The van der Waals surface area contributed by atoms with Crippen molar-refractivity contribution < 1.29 is 14.5 Å². The van der Waals surface area contributed by atoms with Gasteiger partial charge in [-0.25, -0.2) is 4.79 Å². The summed E-state index contributed by atoms with van der Waals surface area (Å²) in [5, 5.41) is 18.9. The van der Waals surface area contributed by atoms with Crippen LogP contribution < -0.4 is 16.0 Å². The van der Waals surface area contributed by atoms with Gasteiger partial charge < -0.3 is 16.0 Å². The number of carbonyl (C=O) groups excluding carboxylic acids is 2. The van der Waals surface area contributed by atoms with Gasteiger partial charge in [0.1, 0.15) is 5.92 Å². The summed E-state index contributed by atoms with van der Waals surface area (Å²) in [5.74, 6) is -1.22. The average molecular weight is 380 g/mol. The maximum absolute atomic E-state index is 12.9. The van der Waals surface area contributed by atoms with Crippen LogP contribution in [0.2, 0.25) is 0 Å². The zero-order valence-electron chi connectivity index (χ0n) is 15.3. The molecule has 8 nitrogen and oxygen atoms in total. The number of hydrogen-bond donors (Lipinski definition) is 3. The highest BCUT2D eigenvalue weighted by Gasteiger charge is 2.37. The minimum absolute atomic E-state index is 0.126. The molecule has 144 valence electrons. The summed E-state index contributed by atoms with van der Waals surface area (Å²) in [6, 6.07) is 12.3. The van der Waals surface area contributed by atoms with Gasteiger partial charge in [-0.1, -0.05) is 43.8 Å². The van der Waals surface area contributed by atoms with Crippen LogP contribution in [-0.2, 0) is 11.2 Å². The van der Waals surface area contributed by atoms with E-state index in [4.69, 9.17) is 0 Å². The Bertz CT molecular complexity index is 939. The predicted molar refractivity (Wildman–Crippen MR) is 105 cm³/mol. The molecule has 3 rings (SSSR count). The lowest BCUT2D eigenvalue weighted by atomic mass is 9.87. The molecular weight excluding hydrogens is 360 g/mol. The van der Waals surface area contributed by atoms with Crippen LogP contribution in [0.3, 0.4) is 0 Å². The first-order valence-corrected chi connectivity index (χ1v) is 8.79. The van der Waals surface area contributed by atoms with E-state index in [1.165, 1.54) is 18.2 Å². The van der Waals surface area contributed by atoms with Crippen molar-refractivity contribution in [2.24, 2.45) is 5.92 Å². The number of nitrogens with zero attached hydrogens (tertiary/aromatic N) is 1. The van der Waals surface area contributed by atoms with Crippen LogP contribution in [-0.4, -0.2) is 16.9 Å². The maximum atomic E-state index is 12.9. The quantitative estimate of drug-likeness (QED) is 0.545. The minimum Gasteiger partial charge on any atom is -0.330 e. The van der Waals surface area contributed by atoms with Crippen LogP contribution in [0.25, 0.3) is 0 Å². The Balaban J connectivity index is 1.87. The molecule has 1 aliphatic heterocycles. The third-order valence-electron chi connectivity index (χ3n) is 4.62. The van der Waals surface area contributed by atoms with Crippen molar-refractivity contribution in [1.29, 1.82) is 0 Å². The van der Waals surface area contributed by atoms with Crippen molar-refractivity contribution in [3.8, 4) is 0 Å². The van der Waals surface area contributed by atoms with Crippen LogP contribution in [0.1, 0.15) is 24.1 Å². The SMILES string of the molecule is C=C1NC(=O)N[C@@H](c2ccc(CC)cc2)[C@@H]1C(=O)Nc1cccc([N+](=O)[O-])c1. The van der Waals surface area contributed by atoms with Gasteiger partial charge in [-0.05, 0) is 23.6 Å². The number of nitrogens with one attached hydrogen (secondary N) is 3. The Labute approximate surface area is 161 Å². The summed E-state index contributed by atoms with van der Waals surface area (Å²) in [7, 11) is 0. The van der Waals surface area contributed by atoms with E-state index in [2.05, 4.69) is 22.5 Å². The van der Waals surface area contributed by atoms with Crippen LogP contribution in [0.5, 0.6) is 0 Å². The average Bonchev–Trinajstić information content (AvgIpc) is 2.67. The van der Waals surface area contributed by atoms with Crippen molar-refractivity contribution in [3.63, 3.8) is 0 Å². The minimum atomic E-state index is -0.788. The number of rotatable bonds is 5. The molecule has 28 heavy (non-hydrogen) atoms. The molecule has 1 fully saturated rings. The standard InChI is InChI=1S/C20H20N4O4/c1-3-13-7-9-14(10-8-13)18-17(12(2)21-20(26)23-18)19(25)22-15-5-4-6-16(11-15)24(27)28/h4-11,17-18H,2-3H2,1H3,(H,22,25)(H2,21,23,26)/t17-,18+/m1/s1. The summed E-state index contributed by atoms with van der Waals surface area (Å²) in [4.78, 5) is 35.3. The van der Waals surface area contributed by atoms with Gasteiger partial charge >= 0.3 is 6.03 Å². The third-order valence-corrected chi connectivity index (χ3v) is 4.62. The first kappa shape index (κ1) is 19.1. The number of benzene rings is 2. The fraction of sp³-hybridized carbons (Fsp3) is 0.200. The smallest absolute Gasteiger partial charge is 0.319 e. The number of amides is 3. The van der Waals surface area contributed by atoms with E-state index >= 15 is 0 Å². The molecule has 2 aromatic rings. The van der Waals surface area contributed by atoms with Gasteiger partial charge in [0.2, 0.25) is 5.91 Å². The number of nitro groups is 1. The monoisotopic (exact) mass is 380 g/mol. The zero-order chi connectivity index (χ0) is 20.3. The van der Waals surface area contributed by atoms with E-state index in [-0.39, 0.29) is 11.4 Å². The van der Waals surface area contributed by atoms with Crippen LogP contribution in [0.15, 0.2) is 60.8 Å². The molecule has 0 spiro atoms. The molecule has 1 saturated heterocycles. The first-order chi connectivity index (χ1) is 13.4. The van der Waals surface area contributed by atoms with Gasteiger partial charge in [0, 0.05) is 23.5 Å². The van der Waals surface area contributed by atoms with Crippen molar-refractivity contribution in [1.82, 2.24) is 10.6 Å². The summed E-state index contributed by atoms with van der Waals surface area (Å²) in [5.41, 5.74) is 2.34. The van der Waals surface area contributed by atoms with Crippen molar-refractivity contribution >= 4 is 23.3 Å². The highest BCUT2D eigenvalue weighted by molar-refractivity contribution is 5.97. The molecule has 2 atom stereocenters. The third kappa shape index (κ3) is 4.01. The van der Waals surface area contributed by atoms with Crippen LogP contribution in [0.4, 0.5) is 16.2 Å². The second-order valence-corrected chi connectivity index (χ2v) is 6.47. The molecule has 0 saturated carbocycles. The highest BCUT2D eigenvalue weighted by Crippen LogP contribution is 2.31. The molecule has 8 heteroatoms. The van der Waals surface area contributed by atoms with Gasteiger partial charge in [0.15, 0.2) is 0 Å². The molecule has 1 aliphatic rings. The summed E-state index contributed by atoms with van der Waals surface area (Å²) in [6.45, 7) is 5.86. The number of non-ortho nitro benzene ring substituents is 1. The second-order valence-electron chi connectivity index (χ2n) is 6.47. The van der Waals surface area contributed by atoms with Crippen LogP contribution in [0, 0.1) is 16.0 Å². The Morgan fingerprint density at radius 2 is 1.96 bits per heavy atom. The lowest BCUT2D eigenvalue weighted by molar-refractivity contribution is -0.384. The Morgan fingerprint density at radius 1 is 1.25 bits per heavy atom. The molecule has 0 aromatic heterocycles. The van der Waals surface area contributed by atoms with E-state index in [0.29, 0.717) is 5.69 Å². The first-order valence-electron chi connectivity index (χ1n) is 8.79. The normalized spacial score (nSPS) is 18.8.